The maximum Gasteiger partial charge on any atom is 0.0794 e. The smallest absolute Gasteiger partial charge is 0.0794 e. The van der Waals surface area contributed by atoms with E-state index in [1.54, 1.807) is 0 Å². The van der Waals surface area contributed by atoms with Crippen molar-refractivity contribution in [2.45, 2.75) is 25.3 Å². The third kappa shape index (κ3) is 1.12. The van der Waals surface area contributed by atoms with Crippen LogP contribution in [0.5, 0.6) is 0 Å². The van der Waals surface area contributed by atoms with Gasteiger partial charge in [0.05, 0.1) is 11.7 Å². The van der Waals surface area contributed by atoms with Crippen molar-refractivity contribution in [3.63, 3.8) is 0 Å². The molecule has 0 aromatic carbocycles. The Kier molecular flexibility index (Phi) is 1.71. The van der Waals surface area contributed by atoms with E-state index >= 15 is 0 Å². The van der Waals surface area contributed by atoms with Crippen molar-refractivity contribution in [3.05, 3.63) is 18.0 Å². The minimum atomic E-state index is 0.187. The standard InChI is InChI=1S/C11H17N3/c1-14-6-5-9(13-14)11(12)10-7-3-2-4-8(7)10/h5-8,10-11H,2-4,12H2,1H3. The molecule has 1 heterocycles. The lowest BCUT2D eigenvalue weighted by molar-refractivity contribution is 0.489. The number of fused-ring (bicyclic) bond motifs is 1. The number of rotatable bonds is 2. The minimum absolute atomic E-state index is 0.187. The van der Waals surface area contributed by atoms with Gasteiger partial charge in [-0.1, -0.05) is 6.42 Å². The molecule has 0 radical (unpaired) electrons. The summed E-state index contributed by atoms with van der Waals surface area (Å²) in [6.45, 7) is 0. The highest BCUT2D eigenvalue weighted by Gasteiger charge is 2.55. The van der Waals surface area contributed by atoms with Crippen LogP contribution in [0.4, 0.5) is 0 Å². The van der Waals surface area contributed by atoms with Gasteiger partial charge in [-0.15, -0.1) is 0 Å². The average Bonchev–Trinajstić information content (AvgIpc) is 2.56. The lowest BCUT2D eigenvalue weighted by Crippen LogP contribution is -2.16. The topological polar surface area (TPSA) is 43.8 Å². The van der Waals surface area contributed by atoms with Gasteiger partial charge in [-0.05, 0) is 36.7 Å². The number of nitrogens with two attached hydrogens (primary N) is 1. The third-order valence-corrected chi connectivity index (χ3v) is 3.96. The van der Waals surface area contributed by atoms with E-state index in [1.165, 1.54) is 19.3 Å². The molecule has 0 saturated heterocycles. The highest BCUT2D eigenvalue weighted by Crippen LogP contribution is 2.61. The summed E-state index contributed by atoms with van der Waals surface area (Å²) < 4.78 is 1.84. The Hall–Kier alpha value is -0.830. The van der Waals surface area contributed by atoms with Crippen LogP contribution in [0, 0.1) is 17.8 Å². The lowest BCUT2D eigenvalue weighted by Gasteiger charge is -2.10. The van der Waals surface area contributed by atoms with Crippen molar-refractivity contribution < 1.29 is 0 Å². The molecule has 0 aliphatic heterocycles. The van der Waals surface area contributed by atoms with E-state index in [4.69, 9.17) is 5.73 Å². The zero-order valence-corrected chi connectivity index (χ0v) is 8.56. The van der Waals surface area contributed by atoms with Gasteiger partial charge >= 0.3 is 0 Å². The highest BCUT2D eigenvalue weighted by atomic mass is 15.3. The van der Waals surface area contributed by atoms with Crippen LogP contribution in [0.2, 0.25) is 0 Å². The lowest BCUT2D eigenvalue weighted by atomic mass is 10.0. The van der Waals surface area contributed by atoms with Gasteiger partial charge in [0.2, 0.25) is 0 Å². The molecule has 3 heteroatoms. The maximum absolute atomic E-state index is 6.23. The normalized spacial score (nSPS) is 36.9. The summed E-state index contributed by atoms with van der Waals surface area (Å²) in [5.74, 6) is 2.58. The maximum atomic E-state index is 6.23. The number of aryl methyl sites for hydroxylation is 1. The number of aromatic nitrogens is 2. The quantitative estimate of drug-likeness (QED) is 0.769. The molecule has 2 N–H and O–H groups in total. The molecule has 14 heavy (non-hydrogen) atoms. The minimum Gasteiger partial charge on any atom is -0.322 e. The van der Waals surface area contributed by atoms with Crippen molar-refractivity contribution in [1.29, 1.82) is 0 Å². The van der Waals surface area contributed by atoms with E-state index in [2.05, 4.69) is 11.2 Å². The summed E-state index contributed by atoms with van der Waals surface area (Å²) in [5.41, 5.74) is 7.30. The zero-order chi connectivity index (χ0) is 9.71. The van der Waals surface area contributed by atoms with E-state index in [9.17, 15) is 0 Å². The number of hydrogen-bond donors (Lipinski definition) is 1. The molecule has 1 aromatic heterocycles. The molecule has 3 nitrogen and oxygen atoms in total. The summed E-state index contributed by atoms with van der Waals surface area (Å²) >= 11 is 0. The van der Waals surface area contributed by atoms with Gasteiger partial charge in [-0.25, -0.2) is 0 Å². The van der Waals surface area contributed by atoms with Crippen LogP contribution in [0.15, 0.2) is 12.3 Å². The molecular weight excluding hydrogens is 174 g/mol. The van der Waals surface area contributed by atoms with Gasteiger partial charge < -0.3 is 5.73 Å². The molecule has 0 amide bonds. The van der Waals surface area contributed by atoms with Crippen LogP contribution < -0.4 is 5.73 Å². The summed E-state index contributed by atoms with van der Waals surface area (Å²) in [6, 6.07) is 2.24. The van der Waals surface area contributed by atoms with Gasteiger partial charge in [0, 0.05) is 13.2 Å². The van der Waals surface area contributed by atoms with Crippen molar-refractivity contribution in [2.24, 2.45) is 30.5 Å². The SMILES string of the molecule is Cn1ccc(C(N)C2C3CCCC32)n1. The molecule has 3 rings (SSSR count). The molecule has 2 fully saturated rings. The van der Waals surface area contributed by atoms with Gasteiger partial charge in [0.1, 0.15) is 0 Å². The first kappa shape index (κ1) is 8.48. The second-order valence-corrected chi connectivity index (χ2v) is 4.78. The Balaban J connectivity index is 1.75. The van der Waals surface area contributed by atoms with Crippen LogP contribution in [-0.4, -0.2) is 9.78 Å². The number of hydrogen-bond acceptors (Lipinski definition) is 2. The first-order valence-electron chi connectivity index (χ1n) is 5.52. The fraction of sp³-hybridized carbons (Fsp3) is 0.727. The van der Waals surface area contributed by atoms with E-state index in [1.807, 2.05) is 17.9 Å². The van der Waals surface area contributed by atoms with Crippen LogP contribution in [0.3, 0.4) is 0 Å². The van der Waals surface area contributed by atoms with Gasteiger partial charge in [0.15, 0.2) is 0 Å². The van der Waals surface area contributed by atoms with Gasteiger partial charge in [0.25, 0.3) is 0 Å². The highest BCUT2D eigenvalue weighted by molar-refractivity contribution is 5.15. The molecule has 2 aliphatic carbocycles. The predicted octanol–water partition coefficient (Wildman–Crippen LogP) is 1.47. The van der Waals surface area contributed by atoms with E-state index in [-0.39, 0.29) is 6.04 Å². The fourth-order valence-corrected chi connectivity index (χ4v) is 3.22. The van der Waals surface area contributed by atoms with Gasteiger partial charge in [-0.3, -0.25) is 4.68 Å². The summed E-state index contributed by atoms with van der Waals surface area (Å²) in [7, 11) is 1.95. The third-order valence-electron chi connectivity index (χ3n) is 3.96. The Morgan fingerprint density at radius 2 is 2.21 bits per heavy atom. The van der Waals surface area contributed by atoms with E-state index in [0.717, 1.165) is 23.4 Å². The van der Waals surface area contributed by atoms with Crippen LogP contribution in [-0.2, 0) is 7.05 Å². The Morgan fingerprint density at radius 3 is 2.79 bits per heavy atom. The Morgan fingerprint density at radius 1 is 1.50 bits per heavy atom. The fourth-order valence-electron chi connectivity index (χ4n) is 3.22. The van der Waals surface area contributed by atoms with Gasteiger partial charge in [-0.2, -0.15) is 5.10 Å². The summed E-state index contributed by atoms with van der Waals surface area (Å²) in [4.78, 5) is 0. The summed E-state index contributed by atoms with van der Waals surface area (Å²) in [5, 5.41) is 4.39. The van der Waals surface area contributed by atoms with Crippen molar-refractivity contribution in [2.75, 3.05) is 0 Å². The van der Waals surface area contributed by atoms with Crippen molar-refractivity contribution in [3.8, 4) is 0 Å². The first-order chi connectivity index (χ1) is 6.77. The van der Waals surface area contributed by atoms with Crippen molar-refractivity contribution in [1.82, 2.24) is 9.78 Å². The molecule has 2 aliphatic rings. The monoisotopic (exact) mass is 191 g/mol. The molecule has 3 atom stereocenters. The second kappa shape index (κ2) is 2.83. The zero-order valence-electron chi connectivity index (χ0n) is 8.56. The van der Waals surface area contributed by atoms with Crippen LogP contribution >= 0.6 is 0 Å². The molecule has 2 saturated carbocycles. The molecule has 0 bridgehead atoms. The van der Waals surface area contributed by atoms with Crippen LogP contribution in [0.25, 0.3) is 0 Å². The van der Waals surface area contributed by atoms with E-state index in [0.29, 0.717) is 0 Å². The number of nitrogens with zero attached hydrogens (tertiary/aromatic N) is 2. The Bertz CT molecular complexity index is 334. The van der Waals surface area contributed by atoms with Crippen LogP contribution in [0.1, 0.15) is 31.0 Å². The first-order valence-corrected chi connectivity index (χ1v) is 5.52. The molecule has 1 aromatic rings. The average molecular weight is 191 g/mol. The predicted molar refractivity (Wildman–Crippen MR) is 54.5 cm³/mol. The Labute approximate surface area is 84.3 Å². The summed E-state index contributed by atoms with van der Waals surface area (Å²) in [6.07, 6.45) is 6.19. The second-order valence-electron chi connectivity index (χ2n) is 4.78. The van der Waals surface area contributed by atoms with E-state index < -0.39 is 0 Å². The van der Waals surface area contributed by atoms with Crippen molar-refractivity contribution >= 4 is 0 Å². The molecular formula is C11H17N3. The molecule has 0 spiro atoms. The molecule has 76 valence electrons. The largest absolute Gasteiger partial charge is 0.322 e. The molecule has 3 unspecified atom stereocenters.